The first-order chi connectivity index (χ1) is 15.5. The molecule has 2 aromatic carbocycles. The van der Waals surface area contributed by atoms with Gasteiger partial charge in [0.25, 0.3) is 0 Å². The van der Waals surface area contributed by atoms with Gasteiger partial charge in [-0.1, -0.05) is 67.8 Å². The maximum absolute atomic E-state index is 12.9. The van der Waals surface area contributed by atoms with Crippen LogP contribution in [-0.2, 0) is 11.2 Å². The number of aryl methyl sites for hydroxylation is 1. The van der Waals surface area contributed by atoms with Gasteiger partial charge in [0.2, 0.25) is 5.91 Å². The summed E-state index contributed by atoms with van der Waals surface area (Å²) >= 11 is 0. The van der Waals surface area contributed by atoms with Crippen LogP contribution >= 0.6 is 0 Å². The maximum atomic E-state index is 12.9. The van der Waals surface area contributed by atoms with Crippen molar-refractivity contribution in [3.63, 3.8) is 0 Å². The van der Waals surface area contributed by atoms with E-state index < -0.39 is 0 Å². The number of likely N-dealkylation sites (N-methyl/N-ethyl adjacent to an activating group) is 1. The largest absolute Gasteiger partial charge is 0.342 e. The van der Waals surface area contributed by atoms with Gasteiger partial charge in [0.1, 0.15) is 0 Å². The minimum Gasteiger partial charge on any atom is -0.342 e. The summed E-state index contributed by atoms with van der Waals surface area (Å²) in [6.45, 7) is 6.53. The van der Waals surface area contributed by atoms with Crippen LogP contribution in [-0.4, -0.2) is 41.9 Å². The van der Waals surface area contributed by atoms with Gasteiger partial charge in [0.05, 0.1) is 6.42 Å². The van der Waals surface area contributed by atoms with Crippen molar-refractivity contribution < 1.29 is 4.79 Å². The van der Waals surface area contributed by atoms with E-state index in [2.05, 4.69) is 55.1 Å². The fraction of sp³-hybridized carbons (Fsp3) is 0.552. The fourth-order valence-corrected chi connectivity index (χ4v) is 5.65. The van der Waals surface area contributed by atoms with E-state index in [0.717, 1.165) is 37.4 Å². The lowest BCUT2D eigenvalue weighted by atomic mass is 9.83. The molecule has 2 aliphatic rings. The molecule has 1 saturated heterocycles. The van der Waals surface area contributed by atoms with Crippen molar-refractivity contribution in [3.05, 3.63) is 70.8 Å². The zero-order chi connectivity index (χ0) is 22.5. The van der Waals surface area contributed by atoms with Crippen molar-refractivity contribution >= 4 is 5.91 Å². The minimum atomic E-state index is 0.240. The van der Waals surface area contributed by atoms with Gasteiger partial charge in [0.15, 0.2) is 0 Å². The highest BCUT2D eigenvalue weighted by Gasteiger charge is 2.28. The van der Waals surface area contributed by atoms with E-state index in [-0.39, 0.29) is 5.91 Å². The number of hydrogen-bond acceptors (Lipinski definition) is 2. The number of nitrogens with zero attached hydrogens (tertiary/aromatic N) is 2. The van der Waals surface area contributed by atoms with E-state index in [1.54, 1.807) is 0 Å². The van der Waals surface area contributed by atoms with Crippen LogP contribution in [0.5, 0.6) is 0 Å². The molecule has 2 fully saturated rings. The Morgan fingerprint density at radius 2 is 1.62 bits per heavy atom. The van der Waals surface area contributed by atoms with Crippen LogP contribution in [0.4, 0.5) is 0 Å². The predicted octanol–water partition coefficient (Wildman–Crippen LogP) is 6.27. The number of hydrogen-bond donors (Lipinski definition) is 0. The molecule has 0 spiro atoms. The van der Waals surface area contributed by atoms with E-state index in [1.165, 1.54) is 48.8 Å². The topological polar surface area (TPSA) is 23.6 Å². The van der Waals surface area contributed by atoms with E-state index in [4.69, 9.17) is 0 Å². The molecular formula is C29H40N2O. The Bertz CT molecular complexity index is 876. The molecule has 1 saturated carbocycles. The monoisotopic (exact) mass is 432 g/mol. The molecule has 1 unspecified atom stereocenters. The van der Waals surface area contributed by atoms with Gasteiger partial charge < -0.3 is 4.90 Å². The summed E-state index contributed by atoms with van der Waals surface area (Å²) in [6, 6.07) is 18.5. The second-order valence-corrected chi connectivity index (χ2v) is 10.1. The van der Waals surface area contributed by atoms with Gasteiger partial charge in [-0.05, 0) is 67.7 Å². The molecule has 1 heterocycles. The summed E-state index contributed by atoms with van der Waals surface area (Å²) in [5.74, 6) is 1.01. The summed E-state index contributed by atoms with van der Waals surface area (Å²) < 4.78 is 0. The summed E-state index contributed by atoms with van der Waals surface area (Å²) in [7, 11) is 1.99. The zero-order valence-corrected chi connectivity index (χ0v) is 20.2. The van der Waals surface area contributed by atoms with E-state index in [9.17, 15) is 4.79 Å². The smallest absolute Gasteiger partial charge is 0.226 e. The van der Waals surface area contributed by atoms with Crippen molar-refractivity contribution in [2.24, 2.45) is 0 Å². The first-order valence-electron chi connectivity index (χ1n) is 12.7. The van der Waals surface area contributed by atoms with E-state index in [1.807, 2.05) is 24.1 Å². The SMILES string of the molecule is Cc1ccccc1CC(=O)N(C)C1CCN(C(C)c2ccc(C3CCCCC3)cc2)CC1. The molecular weight excluding hydrogens is 392 g/mol. The average molecular weight is 433 g/mol. The predicted molar refractivity (Wildman–Crippen MR) is 133 cm³/mol. The third kappa shape index (κ3) is 5.43. The number of rotatable bonds is 6. The van der Waals surface area contributed by atoms with Crippen LogP contribution in [0.1, 0.15) is 86.1 Å². The summed E-state index contributed by atoms with van der Waals surface area (Å²) in [4.78, 5) is 17.5. The molecule has 4 rings (SSSR count). The molecule has 1 aliphatic carbocycles. The molecule has 3 heteroatoms. The van der Waals surface area contributed by atoms with Crippen LogP contribution < -0.4 is 0 Å². The van der Waals surface area contributed by atoms with Gasteiger partial charge in [-0.15, -0.1) is 0 Å². The van der Waals surface area contributed by atoms with Crippen molar-refractivity contribution in [1.82, 2.24) is 9.80 Å². The first kappa shape index (κ1) is 23.0. The average Bonchev–Trinajstić information content (AvgIpc) is 2.85. The molecule has 172 valence electrons. The highest BCUT2D eigenvalue weighted by molar-refractivity contribution is 5.79. The standard InChI is InChI=1S/C29H40N2O/c1-22-9-7-8-12-27(22)21-29(32)30(3)28-17-19-31(20-18-28)23(2)24-13-15-26(16-14-24)25-10-5-4-6-11-25/h7-9,12-16,23,25,28H,4-6,10-11,17-21H2,1-3H3. The van der Waals surface area contributed by atoms with Gasteiger partial charge >= 0.3 is 0 Å². The van der Waals surface area contributed by atoms with Crippen LogP contribution in [0.2, 0.25) is 0 Å². The van der Waals surface area contributed by atoms with Crippen molar-refractivity contribution in [2.75, 3.05) is 20.1 Å². The molecule has 0 N–H and O–H groups in total. The molecule has 0 aromatic heterocycles. The Balaban J connectivity index is 1.29. The molecule has 1 atom stereocenters. The molecule has 1 amide bonds. The molecule has 3 nitrogen and oxygen atoms in total. The Hall–Kier alpha value is -2.13. The van der Waals surface area contributed by atoms with E-state index in [0.29, 0.717) is 18.5 Å². The number of piperidine rings is 1. The first-order valence-corrected chi connectivity index (χ1v) is 12.7. The third-order valence-corrected chi connectivity index (χ3v) is 8.09. The number of carbonyl (C=O) groups is 1. The minimum absolute atomic E-state index is 0.240. The zero-order valence-electron chi connectivity index (χ0n) is 20.2. The van der Waals surface area contributed by atoms with Gasteiger partial charge in [-0.3, -0.25) is 9.69 Å². The van der Waals surface area contributed by atoms with Gasteiger partial charge in [0, 0.05) is 32.2 Å². The highest BCUT2D eigenvalue weighted by atomic mass is 16.2. The van der Waals surface area contributed by atoms with Crippen LogP contribution in [0.25, 0.3) is 0 Å². The molecule has 2 aromatic rings. The Kier molecular flexibility index (Phi) is 7.67. The van der Waals surface area contributed by atoms with Crippen LogP contribution in [0, 0.1) is 6.92 Å². The Labute approximate surface area is 194 Å². The van der Waals surface area contributed by atoms with Crippen molar-refractivity contribution in [2.45, 2.75) is 83.2 Å². The summed E-state index contributed by atoms with van der Waals surface area (Å²) in [6.07, 6.45) is 9.53. The summed E-state index contributed by atoms with van der Waals surface area (Å²) in [5.41, 5.74) is 5.31. The number of benzene rings is 2. The number of likely N-dealkylation sites (tertiary alicyclic amines) is 1. The lowest BCUT2D eigenvalue weighted by Crippen LogP contribution is -2.46. The molecule has 32 heavy (non-hydrogen) atoms. The van der Waals surface area contributed by atoms with E-state index >= 15 is 0 Å². The number of amides is 1. The Morgan fingerprint density at radius 3 is 2.28 bits per heavy atom. The lowest BCUT2D eigenvalue weighted by molar-refractivity contribution is -0.132. The second kappa shape index (κ2) is 10.7. The van der Waals surface area contributed by atoms with Crippen molar-refractivity contribution in [3.8, 4) is 0 Å². The third-order valence-electron chi connectivity index (χ3n) is 8.09. The molecule has 0 radical (unpaired) electrons. The van der Waals surface area contributed by atoms with Gasteiger partial charge in [-0.25, -0.2) is 0 Å². The Morgan fingerprint density at radius 1 is 0.969 bits per heavy atom. The highest BCUT2D eigenvalue weighted by Crippen LogP contribution is 2.34. The number of carbonyl (C=O) groups excluding carboxylic acids is 1. The quantitative estimate of drug-likeness (QED) is 0.537. The summed E-state index contributed by atoms with van der Waals surface area (Å²) in [5, 5.41) is 0. The maximum Gasteiger partial charge on any atom is 0.226 e. The molecule has 0 bridgehead atoms. The molecule has 1 aliphatic heterocycles. The second-order valence-electron chi connectivity index (χ2n) is 10.1. The van der Waals surface area contributed by atoms with Crippen molar-refractivity contribution in [1.29, 1.82) is 0 Å². The van der Waals surface area contributed by atoms with Gasteiger partial charge in [-0.2, -0.15) is 0 Å². The van der Waals surface area contributed by atoms with Crippen LogP contribution in [0.3, 0.4) is 0 Å². The lowest BCUT2D eigenvalue weighted by Gasteiger charge is -2.39. The fourth-order valence-electron chi connectivity index (χ4n) is 5.65. The normalized spacial score (nSPS) is 19.6. The van der Waals surface area contributed by atoms with Crippen LogP contribution in [0.15, 0.2) is 48.5 Å².